The molecule has 0 atom stereocenters. The fourth-order valence-corrected chi connectivity index (χ4v) is 10.8. The molecule has 0 aliphatic carbocycles. The van der Waals surface area contributed by atoms with Crippen LogP contribution < -0.4 is 19.3 Å². The van der Waals surface area contributed by atoms with Crippen LogP contribution in [0.1, 0.15) is 0 Å². The van der Waals surface area contributed by atoms with E-state index in [-0.39, 0.29) is 0 Å². The van der Waals surface area contributed by atoms with Gasteiger partial charge in [-0.05, 0) is 155 Å². The van der Waals surface area contributed by atoms with Crippen molar-refractivity contribution in [2.45, 2.75) is 0 Å². The summed E-state index contributed by atoms with van der Waals surface area (Å²) in [5.74, 6) is 3.29. The Morgan fingerprint density at radius 1 is 0.250 bits per heavy atom. The van der Waals surface area contributed by atoms with Crippen LogP contribution in [0.15, 0.2) is 243 Å². The second-order valence-corrected chi connectivity index (χ2v) is 17.6. The summed E-state index contributed by atoms with van der Waals surface area (Å²) in [7, 11) is 0. The Morgan fingerprint density at radius 2 is 0.691 bits per heavy atom. The molecule has 0 N–H and O–H groups in total. The molecule has 2 heterocycles. The van der Waals surface area contributed by atoms with Crippen LogP contribution in [-0.2, 0) is 0 Å². The van der Waals surface area contributed by atoms with Crippen molar-refractivity contribution in [3.8, 4) is 56.4 Å². The van der Waals surface area contributed by atoms with Gasteiger partial charge in [0, 0.05) is 11.4 Å². The molecule has 0 spiro atoms. The zero-order valence-electron chi connectivity index (χ0n) is 36.8. The van der Waals surface area contributed by atoms with Gasteiger partial charge in [0.05, 0.1) is 22.7 Å². The fourth-order valence-electron chi connectivity index (χ4n) is 10.8. The Bertz CT molecular complexity index is 3920. The highest BCUT2D eigenvalue weighted by atomic mass is 16.5. The molecular weight excluding hydrogens is 829 g/mol. The van der Waals surface area contributed by atoms with Crippen molar-refractivity contribution in [1.29, 1.82) is 0 Å². The molecular formula is C64H40N2O2. The van der Waals surface area contributed by atoms with E-state index in [1.165, 1.54) is 49.4 Å². The number of hydrogen-bond donors (Lipinski definition) is 0. The maximum absolute atomic E-state index is 6.53. The molecule has 68 heavy (non-hydrogen) atoms. The van der Waals surface area contributed by atoms with Gasteiger partial charge in [0.15, 0.2) is 23.0 Å². The van der Waals surface area contributed by atoms with Crippen LogP contribution in [-0.4, -0.2) is 0 Å². The maximum atomic E-state index is 6.53. The number of ether oxygens (including phenoxy) is 2. The Labute approximate surface area is 393 Å². The van der Waals surface area contributed by atoms with Crippen molar-refractivity contribution in [1.82, 2.24) is 0 Å². The molecule has 0 unspecified atom stereocenters. The van der Waals surface area contributed by atoms with E-state index in [0.717, 1.165) is 84.2 Å². The molecule has 0 fully saturated rings. The quantitative estimate of drug-likeness (QED) is 0.161. The van der Waals surface area contributed by atoms with E-state index >= 15 is 0 Å². The molecule has 0 amide bonds. The van der Waals surface area contributed by atoms with Gasteiger partial charge in [-0.25, -0.2) is 0 Å². The molecule has 4 heteroatoms. The predicted molar refractivity (Wildman–Crippen MR) is 282 cm³/mol. The van der Waals surface area contributed by atoms with Crippen molar-refractivity contribution in [2.75, 3.05) is 9.80 Å². The monoisotopic (exact) mass is 868 g/mol. The van der Waals surface area contributed by atoms with Crippen LogP contribution in [0.3, 0.4) is 0 Å². The van der Waals surface area contributed by atoms with Crippen LogP contribution >= 0.6 is 0 Å². The van der Waals surface area contributed by atoms with Gasteiger partial charge in [-0.1, -0.05) is 164 Å². The Hall–Kier alpha value is -9.12. The third kappa shape index (κ3) is 5.94. The third-order valence-electron chi connectivity index (χ3n) is 13.8. The molecule has 2 aliphatic rings. The smallest absolute Gasteiger partial charge is 0.151 e. The van der Waals surface area contributed by atoms with Gasteiger partial charge in [0.2, 0.25) is 0 Å². The van der Waals surface area contributed by atoms with Gasteiger partial charge in [-0.2, -0.15) is 0 Å². The van der Waals surface area contributed by atoms with Gasteiger partial charge in [-0.15, -0.1) is 0 Å². The first kappa shape index (κ1) is 38.2. The van der Waals surface area contributed by atoms with E-state index in [9.17, 15) is 0 Å². The van der Waals surface area contributed by atoms with E-state index in [0.29, 0.717) is 0 Å². The summed E-state index contributed by atoms with van der Waals surface area (Å²) in [6.45, 7) is 0. The van der Waals surface area contributed by atoms with E-state index in [2.05, 4.69) is 228 Å². The van der Waals surface area contributed by atoms with Gasteiger partial charge >= 0.3 is 0 Å². The van der Waals surface area contributed by atoms with Gasteiger partial charge < -0.3 is 19.3 Å². The zero-order chi connectivity index (χ0) is 44.7. The lowest BCUT2D eigenvalue weighted by molar-refractivity contribution is 0.477. The van der Waals surface area contributed by atoms with Gasteiger partial charge in [0.1, 0.15) is 0 Å². The lowest BCUT2D eigenvalue weighted by atomic mass is 9.83. The van der Waals surface area contributed by atoms with E-state index in [1.807, 2.05) is 24.3 Å². The standard InChI is InChI=1S/C64H40N2O2/c1-2-17-42(18-3-1)47-36-37-50(49-21-7-6-20-48(47)49)64-52-35-33-45(65-55-22-8-12-26-59(55)67-60-27-13-9-23-56(60)65)39-53(52)63(44-31-30-41-16-4-5-19-43(41)38-44)51-34-32-46(40-54(51)64)66-57-24-10-14-28-61(57)68-62-29-15-11-25-58(62)66/h1-40H. The van der Waals surface area contributed by atoms with E-state index < -0.39 is 0 Å². The first-order valence-corrected chi connectivity index (χ1v) is 23.2. The summed E-state index contributed by atoms with van der Waals surface area (Å²) < 4.78 is 13.0. The van der Waals surface area contributed by atoms with Crippen LogP contribution in [0.2, 0.25) is 0 Å². The zero-order valence-corrected chi connectivity index (χ0v) is 36.8. The second-order valence-electron chi connectivity index (χ2n) is 17.6. The minimum atomic E-state index is 0.822. The summed E-state index contributed by atoms with van der Waals surface area (Å²) >= 11 is 0. The van der Waals surface area contributed by atoms with Crippen LogP contribution in [0.4, 0.5) is 34.1 Å². The highest BCUT2D eigenvalue weighted by Gasteiger charge is 2.29. The molecule has 0 radical (unpaired) electrons. The predicted octanol–water partition coefficient (Wildman–Crippen LogP) is 18.5. The van der Waals surface area contributed by atoms with E-state index in [4.69, 9.17) is 9.47 Å². The van der Waals surface area contributed by atoms with Gasteiger partial charge in [0.25, 0.3) is 0 Å². The number of hydrogen-bond acceptors (Lipinski definition) is 4. The highest BCUT2D eigenvalue weighted by molar-refractivity contribution is 6.25. The van der Waals surface area contributed by atoms with Crippen LogP contribution in [0.25, 0.3) is 76.5 Å². The molecule has 318 valence electrons. The molecule has 12 aromatic rings. The maximum Gasteiger partial charge on any atom is 0.151 e. The summed E-state index contributed by atoms with van der Waals surface area (Å²) in [5, 5.41) is 9.46. The second kappa shape index (κ2) is 15.2. The average molecular weight is 869 g/mol. The lowest BCUT2D eigenvalue weighted by Gasteiger charge is -2.33. The van der Waals surface area contributed by atoms with Crippen molar-refractivity contribution < 1.29 is 9.47 Å². The van der Waals surface area contributed by atoms with Crippen molar-refractivity contribution in [3.63, 3.8) is 0 Å². The Kier molecular flexibility index (Phi) is 8.55. The Balaban J connectivity index is 1.12. The van der Waals surface area contributed by atoms with Crippen LogP contribution in [0, 0.1) is 0 Å². The topological polar surface area (TPSA) is 24.9 Å². The number of anilines is 6. The summed E-state index contributed by atoms with van der Waals surface area (Å²) in [4.78, 5) is 4.70. The molecule has 0 saturated carbocycles. The normalized spacial score (nSPS) is 12.6. The minimum Gasteiger partial charge on any atom is -0.453 e. The summed E-state index contributed by atoms with van der Waals surface area (Å²) in [6, 6.07) is 87.3. The van der Waals surface area contributed by atoms with E-state index in [1.54, 1.807) is 0 Å². The Morgan fingerprint density at radius 3 is 1.26 bits per heavy atom. The van der Waals surface area contributed by atoms with Gasteiger partial charge in [-0.3, -0.25) is 0 Å². The summed E-state index contributed by atoms with van der Waals surface area (Å²) in [6.07, 6.45) is 0. The number of rotatable bonds is 5. The molecule has 2 aliphatic heterocycles. The molecule has 0 aromatic heterocycles. The fraction of sp³-hybridized carbons (Fsp3) is 0. The number of nitrogens with zero attached hydrogens (tertiary/aromatic N) is 2. The van der Waals surface area contributed by atoms with Crippen molar-refractivity contribution >= 4 is 77.2 Å². The number of benzene rings is 12. The number of para-hydroxylation sites is 8. The average Bonchev–Trinajstić information content (AvgIpc) is 3.40. The SMILES string of the molecule is c1ccc(-c2ccc(-c3c4ccc(N5c6ccccc6Oc6ccccc65)cc4c(-c4ccc5ccccc5c4)c4ccc(N5c6ccccc6Oc6ccccc65)cc34)c3ccccc23)cc1. The largest absolute Gasteiger partial charge is 0.453 e. The first-order chi connectivity index (χ1) is 33.7. The first-order valence-electron chi connectivity index (χ1n) is 23.2. The lowest BCUT2D eigenvalue weighted by Crippen LogP contribution is -2.16. The molecule has 4 nitrogen and oxygen atoms in total. The molecule has 12 aromatic carbocycles. The summed E-state index contributed by atoms with van der Waals surface area (Å²) in [5.41, 5.74) is 13.2. The highest BCUT2D eigenvalue weighted by Crippen LogP contribution is 2.55. The van der Waals surface area contributed by atoms with Crippen molar-refractivity contribution in [2.24, 2.45) is 0 Å². The molecule has 14 rings (SSSR count). The van der Waals surface area contributed by atoms with Crippen molar-refractivity contribution in [3.05, 3.63) is 243 Å². The molecule has 0 saturated heterocycles. The molecule has 0 bridgehead atoms. The minimum absolute atomic E-state index is 0.822. The third-order valence-corrected chi connectivity index (χ3v) is 13.8. The number of fused-ring (bicyclic) bond motifs is 8. The van der Waals surface area contributed by atoms with Crippen LogP contribution in [0.5, 0.6) is 23.0 Å².